The van der Waals surface area contributed by atoms with Gasteiger partial charge >= 0.3 is 0 Å². The number of hydrogen-bond donors (Lipinski definition) is 1. The molecular weight excluding hydrogens is 490 g/mol. The summed E-state index contributed by atoms with van der Waals surface area (Å²) in [5.41, 5.74) is 5.54. The zero-order valence-corrected chi connectivity index (χ0v) is 23.1. The second-order valence-corrected chi connectivity index (χ2v) is 9.07. The number of rotatable bonds is 4. The number of para-hydroxylation sites is 1. The topological polar surface area (TPSA) is 62.3 Å². The van der Waals surface area contributed by atoms with Crippen molar-refractivity contribution in [2.24, 2.45) is 0 Å². The minimum Gasteiger partial charge on any atom is -0.388 e. The van der Waals surface area contributed by atoms with Crippen LogP contribution in [0.15, 0.2) is 78.9 Å². The zero-order chi connectivity index (χ0) is 26.5. The lowest BCUT2D eigenvalue weighted by molar-refractivity contribution is 0.112. The summed E-state index contributed by atoms with van der Waals surface area (Å²) in [4.78, 5) is 15.2. The molecule has 190 valence electrons. The van der Waals surface area contributed by atoms with Gasteiger partial charge in [-0.05, 0) is 42.5 Å². The van der Waals surface area contributed by atoms with E-state index in [2.05, 4.69) is 35.6 Å². The molecule has 0 saturated carbocycles. The van der Waals surface area contributed by atoms with Crippen LogP contribution in [0, 0.1) is 0 Å². The summed E-state index contributed by atoms with van der Waals surface area (Å²) in [6.45, 7) is 8.78. The van der Waals surface area contributed by atoms with E-state index >= 15 is 0 Å². The van der Waals surface area contributed by atoms with Crippen LogP contribution in [0.3, 0.4) is 0 Å². The Hall–Kier alpha value is -3.22. The van der Waals surface area contributed by atoms with E-state index < -0.39 is 11.0 Å². The maximum atomic E-state index is 11.2. The third-order valence-electron chi connectivity index (χ3n) is 5.16. The van der Waals surface area contributed by atoms with Crippen molar-refractivity contribution < 1.29 is 9.00 Å². The van der Waals surface area contributed by atoms with Crippen LogP contribution in [0.2, 0.25) is 5.02 Å². The van der Waals surface area contributed by atoms with Crippen LogP contribution >= 0.6 is 11.6 Å². The second kappa shape index (κ2) is 15.0. The van der Waals surface area contributed by atoms with Gasteiger partial charge in [0.1, 0.15) is 11.0 Å². The van der Waals surface area contributed by atoms with E-state index in [9.17, 15) is 9.00 Å². The molecular formula is C29H34ClN3O2S. The van der Waals surface area contributed by atoms with Crippen LogP contribution < -0.4 is 9.62 Å². The fourth-order valence-electron chi connectivity index (χ4n) is 3.33. The number of hydrogen-bond acceptors (Lipinski definition) is 4. The van der Waals surface area contributed by atoms with Crippen molar-refractivity contribution >= 4 is 51.2 Å². The molecule has 0 aliphatic carbocycles. The first-order valence-corrected chi connectivity index (χ1v) is 13.8. The summed E-state index contributed by atoms with van der Waals surface area (Å²) >= 11 is 5.85. The number of carbonyl (C=O) groups excluding carboxylic acids is 1. The predicted octanol–water partition coefficient (Wildman–Crippen LogP) is 7.63. The molecule has 5 rings (SSSR count). The van der Waals surface area contributed by atoms with Gasteiger partial charge in [-0.15, -0.1) is 0 Å². The Balaban J connectivity index is 0.000000228. The van der Waals surface area contributed by atoms with E-state index in [1.165, 1.54) is 5.39 Å². The fraction of sp³-hybridized carbons (Fsp3) is 0.241. The fourth-order valence-corrected chi connectivity index (χ4v) is 4.41. The molecule has 0 spiro atoms. The minimum atomic E-state index is -0.911. The summed E-state index contributed by atoms with van der Waals surface area (Å²) in [5.74, 6) is 0.701. The molecule has 4 aromatic rings. The highest BCUT2D eigenvalue weighted by atomic mass is 35.5. The third kappa shape index (κ3) is 7.39. The van der Waals surface area contributed by atoms with Gasteiger partial charge in [-0.3, -0.25) is 9.10 Å². The van der Waals surface area contributed by atoms with Gasteiger partial charge in [-0.2, -0.15) is 0 Å². The van der Waals surface area contributed by atoms with Crippen molar-refractivity contribution in [2.75, 3.05) is 29.0 Å². The average molecular weight is 524 g/mol. The number of aromatic nitrogens is 1. The minimum absolute atomic E-state index is 0.404. The van der Waals surface area contributed by atoms with Crippen LogP contribution in [0.25, 0.3) is 22.2 Å². The molecule has 1 aliphatic heterocycles. The number of fused-ring (bicyclic) bond motifs is 1. The lowest BCUT2D eigenvalue weighted by Gasteiger charge is -2.31. The smallest absolute Gasteiger partial charge is 0.151 e. The molecule has 5 nitrogen and oxygen atoms in total. The highest BCUT2D eigenvalue weighted by Gasteiger charge is 2.24. The molecule has 36 heavy (non-hydrogen) atoms. The third-order valence-corrected chi connectivity index (χ3v) is 6.90. The quantitative estimate of drug-likeness (QED) is 0.279. The van der Waals surface area contributed by atoms with Crippen LogP contribution in [0.5, 0.6) is 0 Å². The lowest BCUT2D eigenvalue weighted by Crippen LogP contribution is -2.42. The standard InChI is InChI=1S/C16H14N2.C9H8ClNO2S.2C2H6/c1-17-14-7-4-6-13(11-14)16-10-9-12-5-2-3-8-15(12)18-16;10-9-5-8(2-1-7(9)6-12)11-3-4-14(11)13;2*1-2/h2-11,17H,1H3;1-2,5-6H,3-4H2;2*1-2H3. The van der Waals surface area contributed by atoms with Crippen molar-refractivity contribution in [3.05, 3.63) is 89.4 Å². The van der Waals surface area contributed by atoms with Gasteiger partial charge in [0.05, 0.1) is 27.7 Å². The maximum absolute atomic E-state index is 11.2. The summed E-state index contributed by atoms with van der Waals surface area (Å²) in [6, 6.07) is 25.7. The van der Waals surface area contributed by atoms with Crippen molar-refractivity contribution in [3.63, 3.8) is 0 Å². The highest BCUT2D eigenvalue weighted by Crippen LogP contribution is 2.27. The Morgan fingerprint density at radius 3 is 2.31 bits per heavy atom. The molecule has 1 N–H and O–H groups in total. The molecule has 2 heterocycles. The van der Waals surface area contributed by atoms with E-state index in [4.69, 9.17) is 16.6 Å². The Kier molecular flexibility index (Phi) is 12.1. The molecule has 1 saturated heterocycles. The Labute approximate surface area is 222 Å². The molecule has 1 aliphatic rings. The van der Waals surface area contributed by atoms with Gasteiger partial charge in [-0.1, -0.05) is 75.7 Å². The SMILES string of the molecule is CC.CC.CNc1cccc(-c2ccc3ccccc3n2)c1.O=Cc1ccc(N2CCS2=O)cc1Cl. The molecule has 0 amide bonds. The van der Waals surface area contributed by atoms with E-state index in [1.54, 1.807) is 22.5 Å². The molecule has 3 aromatic carbocycles. The van der Waals surface area contributed by atoms with Gasteiger partial charge in [0.15, 0.2) is 6.29 Å². The molecule has 7 heteroatoms. The number of nitrogens with zero attached hydrogens (tertiary/aromatic N) is 2. The molecule has 1 atom stereocenters. The van der Waals surface area contributed by atoms with Crippen LogP contribution in [0.1, 0.15) is 38.1 Å². The zero-order valence-electron chi connectivity index (χ0n) is 21.5. The number of nitrogens with one attached hydrogen (secondary N) is 1. The van der Waals surface area contributed by atoms with Gasteiger partial charge in [0.25, 0.3) is 0 Å². The van der Waals surface area contributed by atoms with Gasteiger partial charge < -0.3 is 5.32 Å². The van der Waals surface area contributed by atoms with Gasteiger partial charge in [0, 0.05) is 35.8 Å². The first-order valence-electron chi connectivity index (χ1n) is 12.1. The summed E-state index contributed by atoms with van der Waals surface area (Å²) in [5, 5.41) is 4.72. The molecule has 0 radical (unpaired) electrons. The van der Waals surface area contributed by atoms with Crippen molar-refractivity contribution in [1.29, 1.82) is 0 Å². The highest BCUT2D eigenvalue weighted by molar-refractivity contribution is 7.88. The number of aldehydes is 1. The Morgan fingerprint density at radius 2 is 1.69 bits per heavy atom. The number of benzene rings is 3. The number of anilines is 2. The maximum Gasteiger partial charge on any atom is 0.151 e. The molecule has 1 fully saturated rings. The Morgan fingerprint density at radius 1 is 0.944 bits per heavy atom. The van der Waals surface area contributed by atoms with Gasteiger partial charge in [0.2, 0.25) is 0 Å². The number of pyridine rings is 1. The van der Waals surface area contributed by atoms with E-state index in [-0.39, 0.29) is 0 Å². The predicted molar refractivity (Wildman–Crippen MR) is 157 cm³/mol. The molecule has 0 bridgehead atoms. The number of halogens is 1. The Bertz CT molecular complexity index is 1300. The van der Waals surface area contributed by atoms with E-state index in [0.717, 1.165) is 34.7 Å². The summed E-state index contributed by atoms with van der Waals surface area (Å²) in [6.07, 6.45) is 0.708. The van der Waals surface area contributed by atoms with E-state index in [0.29, 0.717) is 22.6 Å². The number of carbonyl (C=O) groups is 1. The second-order valence-electron chi connectivity index (χ2n) is 7.17. The monoisotopic (exact) mass is 523 g/mol. The van der Waals surface area contributed by atoms with E-state index in [1.807, 2.05) is 65.1 Å². The average Bonchev–Trinajstić information content (AvgIpc) is 2.94. The van der Waals surface area contributed by atoms with Crippen molar-refractivity contribution in [3.8, 4) is 11.3 Å². The van der Waals surface area contributed by atoms with Crippen LogP contribution in [-0.4, -0.2) is 34.8 Å². The van der Waals surface area contributed by atoms with Crippen molar-refractivity contribution in [2.45, 2.75) is 27.7 Å². The molecule has 1 unspecified atom stereocenters. The lowest BCUT2D eigenvalue weighted by atomic mass is 10.1. The van der Waals surface area contributed by atoms with Crippen LogP contribution in [0.4, 0.5) is 11.4 Å². The normalized spacial score (nSPS) is 13.5. The first kappa shape index (κ1) is 29.0. The summed E-state index contributed by atoms with van der Waals surface area (Å²) in [7, 11) is 1.01. The molecule has 1 aromatic heterocycles. The van der Waals surface area contributed by atoms with Crippen LogP contribution in [-0.2, 0) is 11.0 Å². The van der Waals surface area contributed by atoms with Crippen molar-refractivity contribution in [1.82, 2.24) is 4.98 Å². The van der Waals surface area contributed by atoms with Gasteiger partial charge in [-0.25, -0.2) is 9.19 Å². The summed E-state index contributed by atoms with van der Waals surface area (Å²) < 4.78 is 13.0. The largest absolute Gasteiger partial charge is 0.388 e. The first-order chi connectivity index (χ1) is 17.6.